The lowest BCUT2D eigenvalue weighted by atomic mass is 10.0. The smallest absolute Gasteiger partial charge is 0.138 e. The van der Waals surface area contributed by atoms with Crippen molar-refractivity contribution in [2.45, 2.75) is 6.92 Å². The molecule has 1 fully saturated rings. The van der Waals surface area contributed by atoms with Crippen molar-refractivity contribution in [2.24, 2.45) is 0 Å². The zero-order valence-corrected chi connectivity index (χ0v) is 15.4. The maximum absolute atomic E-state index is 13.4. The van der Waals surface area contributed by atoms with Crippen molar-refractivity contribution in [2.75, 3.05) is 46.4 Å². The van der Waals surface area contributed by atoms with E-state index < -0.39 is 0 Å². The third kappa shape index (κ3) is 4.51. The Hall–Kier alpha value is -1.62. The van der Waals surface area contributed by atoms with Gasteiger partial charge in [0, 0.05) is 32.7 Å². The highest BCUT2D eigenvalue weighted by atomic mass is 35.5. The fourth-order valence-corrected chi connectivity index (χ4v) is 3.26. The van der Waals surface area contributed by atoms with E-state index in [4.69, 9.17) is 16.3 Å². The molecule has 25 heavy (non-hydrogen) atoms. The highest BCUT2D eigenvalue weighted by Crippen LogP contribution is 2.35. The number of hydrogen-bond acceptors (Lipinski definition) is 3. The second kappa shape index (κ2) is 8.17. The number of halogens is 2. The van der Waals surface area contributed by atoms with Crippen molar-refractivity contribution in [1.29, 1.82) is 0 Å². The van der Waals surface area contributed by atoms with Gasteiger partial charge in [-0.05, 0) is 61.0 Å². The van der Waals surface area contributed by atoms with Gasteiger partial charge in [0.1, 0.15) is 18.2 Å². The monoisotopic (exact) mass is 361 g/mol. The molecule has 3 nitrogen and oxygen atoms in total. The Bertz CT molecular complexity index is 730. The first-order valence-corrected chi connectivity index (χ1v) is 8.92. The highest BCUT2D eigenvalue weighted by molar-refractivity contribution is 6.33. The van der Waals surface area contributed by atoms with Crippen LogP contribution >= 0.6 is 11.6 Å². The lowest BCUT2D eigenvalue weighted by Gasteiger charge is -2.32. The second-order valence-corrected chi connectivity index (χ2v) is 6.86. The third-order valence-electron chi connectivity index (χ3n) is 4.68. The van der Waals surface area contributed by atoms with Gasteiger partial charge in [-0.1, -0.05) is 17.7 Å². The molecule has 1 saturated heterocycles. The van der Waals surface area contributed by atoms with Crippen molar-refractivity contribution in [1.82, 2.24) is 9.80 Å². The van der Waals surface area contributed by atoms with Crippen LogP contribution in [0.5, 0.6) is 5.75 Å². The Morgan fingerprint density at radius 2 is 1.96 bits per heavy atom. The average Bonchev–Trinajstić information content (AvgIpc) is 2.60. The summed E-state index contributed by atoms with van der Waals surface area (Å²) in [6.07, 6.45) is 0. The molecule has 133 valence electrons. The van der Waals surface area contributed by atoms with E-state index in [-0.39, 0.29) is 5.82 Å². The number of piperazine rings is 1. The van der Waals surface area contributed by atoms with Crippen LogP contribution in [0, 0.1) is 18.8 Å². The molecule has 0 bridgehead atoms. The Morgan fingerprint density at radius 3 is 2.68 bits per heavy atom. The van der Waals surface area contributed by atoms with E-state index in [2.05, 4.69) is 22.9 Å². The fourth-order valence-electron chi connectivity index (χ4n) is 3.04. The number of nitrogens with zero attached hydrogens (tertiary/aromatic N) is 2. The maximum atomic E-state index is 13.4. The Morgan fingerprint density at radius 1 is 1.20 bits per heavy atom. The molecule has 0 aliphatic carbocycles. The molecule has 0 saturated carbocycles. The summed E-state index contributed by atoms with van der Waals surface area (Å²) in [5.74, 6) is 0.373. The van der Waals surface area contributed by atoms with Gasteiger partial charge in [0.25, 0.3) is 0 Å². The molecule has 0 spiro atoms. The van der Waals surface area contributed by atoms with Crippen molar-refractivity contribution >= 4 is 11.6 Å². The molecule has 2 aromatic carbocycles. The predicted octanol–water partition coefficient (Wildman–Crippen LogP) is 3.88. The van der Waals surface area contributed by atoms with Crippen LogP contribution in [0.25, 0.3) is 11.1 Å². The Labute approximate surface area is 154 Å². The third-order valence-corrected chi connectivity index (χ3v) is 5.15. The van der Waals surface area contributed by atoms with Crippen LogP contribution in [0.2, 0.25) is 5.02 Å². The van der Waals surface area contributed by atoms with Gasteiger partial charge >= 0.3 is 0 Å². The highest BCUT2D eigenvalue weighted by Gasteiger charge is 2.15. The summed E-state index contributed by atoms with van der Waals surface area (Å²) in [4.78, 5) is 4.73. The van der Waals surface area contributed by atoms with Gasteiger partial charge in [-0.15, -0.1) is 0 Å². The Kier molecular flexibility index (Phi) is 5.94. The van der Waals surface area contributed by atoms with E-state index in [1.54, 1.807) is 6.07 Å². The van der Waals surface area contributed by atoms with Gasteiger partial charge < -0.3 is 9.64 Å². The van der Waals surface area contributed by atoms with Crippen molar-refractivity contribution in [3.63, 3.8) is 0 Å². The number of rotatable bonds is 5. The summed E-state index contributed by atoms with van der Waals surface area (Å²) >= 11 is 6.48. The number of ether oxygens (including phenoxy) is 1. The molecule has 0 atom stereocenters. The zero-order valence-electron chi connectivity index (χ0n) is 14.7. The van der Waals surface area contributed by atoms with Crippen molar-refractivity contribution < 1.29 is 9.13 Å². The zero-order chi connectivity index (χ0) is 17.8. The van der Waals surface area contributed by atoms with Crippen LogP contribution < -0.4 is 4.74 Å². The Balaban J connectivity index is 1.64. The molecule has 1 aliphatic heterocycles. The molecule has 0 N–H and O–H groups in total. The first-order chi connectivity index (χ1) is 12.0. The summed E-state index contributed by atoms with van der Waals surface area (Å²) in [5, 5.41) is 0.583. The summed E-state index contributed by atoms with van der Waals surface area (Å²) in [6, 6.07) is 11.2. The van der Waals surface area contributed by atoms with E-state index in [9.17, 15) is 4.39 Å². The van der Waals surface area contributed by atoms with Gasteiger partial charge in [-0.25, -0.2) is 4.39 Å². The molecule has 1 aliphatic rings. The molecular weight excluding hydrogens is 339 g/mol. The van der Waals surface area contributed by atoms with Gasteiger partial charge in [0.15, 0.2) is 0 Å². The van der Waals surface area contributed by atoms with Crippen LogP contribution in [0.1, 0.15) is 5.56 Å². The quantitative estimate of drug-likeness (QED) is 0.803. The van der Waals surface area contributed by atoms with Crippen molar-refractivity contribution in [3.05, 3.63) is 52.8 Å². The predicted molar refractivity (Wildman–Crippen MR) is 99.9 cm³/mol. The first-order valence-electron chi connectivity index (χ1n) is 8.54. The van der Waals surface area contributed by atoms with Crippen molar-refractivity contribution in [3.8, 4) is 16.9 Å². The summed E-state index contributed by atoms with van der Waals surface area (Å²) in [7, 11) is 2.15. The van der Waals surface area contributed by atoms with E-state index in [0.29, 0.717) is 17.4 Å². The molecular formula is C20H23ClFN2O. The minimum atomic E-state index is -0.305. The summed E-state index contributed by atoms with van der Waals surface area (Å²) < 4.78 is 19.3. The number of benzene rings is 2. The van der Waals surface area contributed by atoms with Gasteiger partial charge in [0.2, 0.25) is 0 Å². The van der Waals surface area contributed by atoms with E-state index in [0.717, 1.165) is 49.4 Å². The molecule has 0 unspecified atom stereocenters. The van der Waals surface area contributed by atoms with E-state index >= 15 is 0 Å². The summed E-state index contributed by atoms with van der Waals surface area (Å²) in [6.45, 7) is 7.76. The van der Waals surface area contributed by atoms with Crippen LogP contribution in [-0.2, 0) is 0 Å². The van der Waals surface area contributed by atoms with Crippen LogP contribution in [0.3, 0.4) is 0 Å². The topological polar surface area (TPSA) is 15.7 Å². The molecule has 5 heteroatoms. The molecule has 3 rings (SSSR count). The number of likely N-dealkylation sites (N-methyl/N-ethyl adjacent to an activating group) is 1. The van der Waals surface area contributed by atoms with E-state index in [1.807, 2.05) is 19.1 Å². The minimum absolute atomic E-state index is 0.305. The van der Waals surface area contributed by atoms with Crippen LogP contribution in [-0.4, -0.2) is 56.2 Å². The standard InChI is InChI=1S/C20H23ClFN2O/c1-15-18(16-4-3-5-17(22)14-16)6-7-19(20(15)21)25-13-12-24-10-8-23(2)9-11-24/h4-7,14H,8-13H2,1-2H3. The van der Waals surface area contributed by atoms with Crippen LogP contribution in [0.4, 0.5) is 4.39 Å². The van der Waals surface area contributed by atoms with Gasteiger partial charge in [0.05, 0.1) is 5.02 Å². The molecule has 1 radical (unpaired) electrons. The lowest BCUT2D eigenvalue weighted by Crippen LogP contribution is -2.45. The average molecular weight is 362 g/mol. The molecule has 0 aromatic heterocycles. The van der Waals surface area contributed by atoms with E-state index in [1.165, 1.54) is 12.1 Å². The molecule has 0 amide bonds. The van der Waals surface area contributed by atoms with Gasteiger partial charge in [-0.3, -0.25) is 4.90 Å². The maximum Gasteiger partial charge on any atom is 0.138 e. The van der Waals surface area contributed by atoms with Crippen LogP contribution in [0.15, 0.2) is 30.3 Å². The molecule has 1 heterocycles. The fraction of sp³-hybridized carbons (Fsp3) is 0.400. The second-order valence-electron chi connectivity index (χ2n) is 6.48. The minimum Gasteiger partial charge on any atom is -0.491 e. The summed E-state index contributed by atoms with van der Waals surface area (Å²) in [5.41, 5.74) is 2.55. The largest absolute Gasteiger partial charge is 0.491 e. The SMILES string of the molecule is Cc1c(-c2c[c]cc(F)c2)ccc(OCCN2CCN(C)CC2)c1Cl. The lowest BCUT2D eigenvalue weighted by molar-refractivity contribution is 0.134. The normalized spacial score (nSPS) is 16.2. The number of hydrogen-bond donors (Lipinski definition) is 0. The molecule has 2 aromatic rings. The first kappa shape index (κ1) is 18.2. The van der Waals surface area contributed by atoms with Gasteiger partial charge in [-0.2, -0.15) is 0 Å².